The van der Waals surface area contributed by atoms with Gasteiger partial charge in [0.15, 0.2) is 5.78 Å². The Morgan fingerprint density at radius 3 is 2.25 bits per heavy atom. The van der Waals surface area contributed by atoms with Crippen molar-refractivity contribution in [3.05, 3.63) is 71.8 Å². The Morgan fingerprint density at radius 2 is 1.68 bits per heavy atom. The number of hydrazone groups is 1. The van der Waals surface area contributed by atoms with Crippen molar-refractivity contribution in [2.24, 2.45) is 16.3 Å². The molecule has 2 heterocycles. The average molecular weight is 548 g/mol. The molecule has 1 fully saturated rings. The highest BCUT2D eigenvalue weighted by Gasteiger charge is 2.61. The van der Waals surface area contributed by atoms with E-state index in [0.717, 1.165) is 11.1 Å². The van der Waals surface area contributed by atoms with Gasteiger partial charge in [-0.3, -0.25) is 14.4 Å². The maximum absolute atomic E-state index is 14.4. The van der Waals surface area contributed by atoms with Crippen LogP contribution in [0.2, 0.25) is 0 Å². The fourth-order valence-electron chi connectivity index (χ4n) is 5.24. The molecular weight excluding hydrogens is 506 g/mol. The fourth-order valence-corrected chi connectivity index (χ4v) is 5.24. The number of carbonyl (C=O) groups is 3. The van der Waals surface area contributed by atoms with Crippen molar-refractivity contribution in [1.82, 2.24) is 15.6 Å². The summed E-state index contributed by atoms with van der Waals surface area (Å²) in [5, 5.41) is 12.5. The molecule has 0 radical (unpaired) electrons. The van der Waals surface area contributed by atoms with Crippen molar-refractivity contribution in [2.45, 2.75) is 77.2 Å². The highest BCUT2D eigenvalue weighted by Crippen LogP contribution is 2.43. The molecule has 0 bridgehead atoms. The number of nitrogens with two attached hydrogens (primary N) is 1. The van der Waals surface area contributed by atoms with Gasteiger partial charge >= 0.3 is 0 Å². The van der Waals surface area contributed by atoms with E-state index in [9.17, 15) is 14.4 Å². The third-order valence-electron chi connectivity index (χ3n) is 7.39. The molecule has 4 N–H and O–H groups in total. The van der Waals surface area contributed by atoms with E-state index in [0.29, 0.717) is 25.1 Å². The van der Waals surface area contributed by atoms with Crippen LogP contribution >= 0.6 is 0 Å². The summed E-state index contributed by atoms with van der Waals surface area (Å²) >= 11 is 0. The van der Waals surface area contributed by atoms with Gasteiger partial charge < -0.3 is 21.1 Å². The standard InChI is InChI=1S/C31H41N5O4/c1-29(2,3)36-28(39)31(18-21-12-8-6-9-13-21)24(35-36)16-17-33-26(31)25(37)23(34-27(38)30(4,5)32)20-40-19-22-14-10-7-11-15-22/h6-15,23,26,33H,16-20,32H2,1-5H3,(H,34,38)/t23-,26?,31+/m1/s1. The van der Waals surface area contributed by atoms with E-state index in [1.54, 1.807) is 13.8 Å². The Hall–Kier alpha value is -3.40. The summed E-state index contributed by atoms with van der Waals surface area (Å²) in [5.41, 5.74) is 5.60. The molecule has 3 atom stereocenters. The van der Waals surface area contributed by atoms with E-state index in [-0.39, 0.29) is 24.9 Å². The Kier molecular flexibility index (Phi) is 8.58. The highest BCUT2D eigenvalue weighted by molar-refractivity contribution is 6.18. The Morgan fingerprint density at radius 1 is 1.07 bits per heavy atom. The second-order valence-electron chi connectivity index (χ2n) is 12.3. The molecule has 4 rings (SSSR count). The van der Waals surface area contributed by atoms with Crippen LogP contribution in [0.3, 0.4) is 0 Å². The number of piperidine rings is 1. The summed E-state index contributed by atoms with van der Waals surface area (Å²) in [4.78, 5) is 41.7. The van der Waals surface area contributed by atoms with Gasteiger partial charge in [-0.15, -0.1) is 0 Å². The zero-order valence-electron chi connectivity index (χ0n) is 24.1. The van der Waals surface area contributed by atoms with Gasteiger partial charge in [-0.2, -0.15) is 5.10 Å². The first-order valence-corrected chi connectivity index (χ1v) is 13.8. The largest absolute Gasteiger partial charge is 0.374 e. The normalized spacial score (nSPS) is 21.9. The van der Waals surface area contributed by atoms with Crippen LogP contribution in [0.25, 0.3) is 0 Å². The van der Waals surface area contributed by atoms with Gasteiger partial charge in [-0.05, 0) is 52.2 Å². The van der Waals surface area contributed by atoms with Crippen molar-refractivity contribution in [3.63, 3.8) is 0 Å². The van der Waals surface area contributed by atoms with Gasteiger partial charge in [0, 0.05) is 13.0 Å². The number of nitrogens with one attached hydrogen (secondary N) is 2. The van der Waals surface area contributed by atoms with Crippen LogP contribution in [0.1, 0.15) is 52.2 Å². The maximum atomic E-state index is 14.4. The Balaban J connectivity index is 1.70. The zero-order valence-corrected chi connectivity index (χ0v) is 24.1. The molecule has 40 heavy (non-hydrogen) atoms. The molecule has 2 aliphatic heterocycles. The van der Waals surface area contributed by atoms with Crippen molar-refractivity contribution in [1.29, 1.82) is 0 Å². The molecule has 0 aliphatic carbocycles. The number of ether oxygens (including phenoxy) is 1. The summed E-state index contributed by atoms with van der Waals surface area (Å²) in [6.07, 6.45) is 0.835. The van der Waals surface area contributed by atoms with Crippen LogP contribution in [0.5, 0.6) is 0 Å². The van der Waals surface area contributed by atoms with Gasteiger partial charge in [-0.25, -0.2) is 5.01 Å². The van der Waals surface area contributed by atoms with E-state index in [1.807, 2.05) is 81.4 Å². The first-order valence-electron chi connectivity index (χ1n) is 13.8. The van der Waals surface area contributed by atoms with Gasteiger partial charge in [0.1, 0.15) is 11.5 Å². The number of fused-ring (bicyclic) bond motifs is 1. The number of rotatable bonds is 10. The van der Waals surface area contributed by atoms with Gasteiger partial charge in [0.05, 0.1) is 36.0 Å². The molecule has 0 aromatic heterocycles. The predicted octanol–water partition coefficient (Wildman–Crippen LogP) is 2.58. The third-order valence-corrected chi connectivity index (χ3v) is 7.39. The predicted molar refractivity (Wildman–Crippen MR) is 154 cm³/mol. The summed E-state index contributed by atoms with van der Waals surface area (Å²) in [7, 11) is 0. The van der Waals surface area contributed by atoms with Gasteiger partial charge in [0.25, 0.3) is 5.91 Å². The minimum Gasteiger partial charge on any atom is -0.374 e. The molecule has 1 saturated heterocycles. The summed E-state index contributed by atoms with van der Waals surface area (Å²) in [6, 6.07) is 17.3. The number of Topliss-reactive ketones (excluding diaryl/α,β-unsaturated/α-hetero) is 1. The first kappa shape index (κ1) is 29.6. The van der Waals surface area contributed by atoms with Crippen LogP contribution < -0.4 is 16.4 Å². The second kappa shape index (κ2) is 11.6. The fraction of sp³-hybridized carbons (Fsp3) is 0.484. The minimum absolute atomic E-state index is 0.0706. The number of amides is 2. The lowest BCUT2D eigenvalue weighted by atomic mass is 9.66. The number of nitrogens with zero attached hydrogens (tertiary/aromatic N) is 2. The highest BCUT2D eigenvalue weighted by atomic mass is 16.5. The zero-order chi connectivity index (χ0) is 29.1. The van der Waals surface area contributed by atoms with Gasteiger partial charge in [-0.1, -0.05) is 60.7 Å². The molecule has 214 valence electrons. The van der Waals surface area contributed by atoms with Gasteiger partial charge in [0.2, 0.25) is 5.91 Å². The minimum atomic E-state index is -1.23. The SMILES string of the molecule is CC(C)(N)C(=O)N[C@H](COCc1ccccc1)C(=O)C1NCCC2=NN(C(C)(C)C)C(=O)[C@@]21Cc1ccccc1. The maximum Gasteiger partial charge on any atom is 0.257 e. The van der Waals surface area contributed by atoms with E-state index in [1.165, 1.54) is 5.01 Å². The van der Waals surface area contributed by atoms with E-state index in [2.05, 4.69) is 10.6 Å². The average Bonchev–Trinajstić information content (AvgIpc) is 3.20. The molecule has 0 saturated carbocycles. The Bertz CT molecular complexity index is 1250. The molecule has 9 heteroatoms. The summed E-state index contributed by atoms with van der Waals surface area (Å²) < 4.78 is 5.94. The van der Waals surface area contributed by atoms with Crippen LogP contribution in [0.4, 0.5) is 0 Å². The van der Waals surface area contributed by atoms with E-state index >= 15 is 0 Å². The number of carbonyl (C=O) groups excluding carboxylic acids is 3. The van der Waals surface area contributed by atoms with Crippen LogP contribution in [-0.4, -0.2) is 64.6 Å². The van der Waals surface area contributed by atoms with Crippen LogP contribution in [-0.2, 0) is 32.1 Å². The molecule has 9 nitrogen and oxygen atoms in total. The second-order valence-corrected chi connectivity index (χ2v) is 12.3. The lowest BCUT2D eigenvalue weighted by molar-refractivity contribution is -0.146. The first-order chi connectivity index (χ1) is 18.8. The molecule has 2 aliphatic rings. The number of ketones is 1. The lowest BCUT2D eigenvalue weighted by Gasteiger charge is -2.42. The topological polar surface area (TPSA) is 126 Å². The van der Waals surface area contributed by atoms with E-state index < -0.39 is 34.5 Å². The van der Waals surface area contributed by atoms with Crippen molar-refractivity contribution >= 4 is 23.3 Å². The van der Waals surface area contributed by atoms with Crippen molar-refractivity contribution in [2.75, 3.05) is 13.2 Å². The van der Waals surface area contributed by atoms with Crippen molar-refractivity contribution in [3.8, 4) is 0 Å². The number of benzene rings is 2. The Labute approximate surface area is 236 Å². The lowest BCUT2D eigenvalue weighted by Crippen LogP contribution is -2.67. The summed E-state index contributed by atoms with van der Waals surface area (Å²) in [5.74, 6) is -1.04. The van der Waals surface area contributed by atoms with Crippen LogP contribution in [0.15, 0.2) is 65.8 Å². The van der Waals surface area contributed by atoms with Crippen molar-refractivity contribution < 1.29 is 19.1 Å². The van der Waals surface area contributed by atoms with E-state index in [4.69, 9.17) is 15.6 Å². The monoisotopic (exact) mass is 547 g/mol. The molecule has 2 amide bonds. The molecule has 2 aromatic carbocycles. The summed E-state index contributed by atoms with van der Waals surface area (Å²) in [6.45, 7) is 9.62. The molecule has 0 spiro atoms. The number of hydrogen-bond donors (Lipinski definition) is 3. The molecular formula is C31H41N5O4. The smallest absolute Gasteiger partial charge is 0.257 e. The third kappa shape index (κ3) is 6.16. The quantitative estimate of drug-likeness (QED) is 0.420. The van der Waals surface area contributed by atoms with Crippen LogP contribution in [0, 0.1) is 5.41 Å². The molecule has 2 aromatic rings. The molecule has 1 unspecified atom stereocenters. The number of hydrogen-bond acceptors (Lipinski definition) is 7.